The highest BCUT2D eigenvalue weighted by molar-refractivity contribution is 5.20. The van der Waals surface area contributed by atoms with E-state index in [2.05, 4.69) is 37.3 Å². The van der Waals surface area contributed by atoms with E-state index >= 15 is 0 Å². The van der Waals surface area contributed by atoms with Gasteiger partial charge in [-0.15, -0.1) is 0 Å². The normalized spacial score (nSPS) is 32.9. The molecule has 2 rings (SSSR count). The molecule has 1 saturated carbocycles. The van der Waals surface area contributed by atoms with Crippen LogP contribution >= 0.6 is 0 Å². The largest absolute Gasteiger partial charge is 0.328 e. The van der Waals surface area contributed by atoms with Crippen LogP contribution in [0.2, 0.25) is 0 Å². The Morgan fingerprint density at radius 3 is 2.43 bits per heavy atom. The summed E-state index contributed by atoms with van der Waals surface area (Å²) in [5, 5.41) is 0. The molecule has 14 heavy (non-hydrogen) atoms. The van der Waals surface area contributed by atoms with Crippen LogP contribution in [0.4, 0.5) is 0 Å². The van der Waals surface area contributed by atoms with Gasteiger partial charge in [0, 0.05) is 6.04 Å². The van der Waals surface area contributed by atoms with Crippen molar-refractivity contribution in [2.75, 3.05) is 0 Å². The van der Waals surface area contributed by atoms with Gasteiger partial charge in [0.15, 0.2) is 0 Å². The molecule has 0 spiro atoms. The van der Waals surface area contributed by atoms with Gasteiger partial charge in [-0.3, -0.25) is 0 Å². The van der Waals surface area contributed by atoms with Crippen LogP contribution in [0.5, 0.6) is 0 Å². The molecular weight excluding hydrogens is 170 g/mol. The van der Waals surface area contributed by atoms with E-state index in [1.807, 2.05) is 0 Å². The lowest BCUT2D eigenvalue weighted by atomic mass is 9.77. The van der Waals surface area contributed by atoms with Crippen molar-refractivity contribution in [3.63, 3.8) is 0 Å². The molecule has 1 aliphatic rings. The Morgan fingerprint density at radius 1 is 1.07 bits per heavy atom. The fraction of sp³-hybridized carbons (Fsp3) is 0.538. The molecule has 1 fully saturated rings. The minimum atomic E-state index is 0.406. The molecular formula is C13H19N. The van der Waals surface area contributed by atoms with Gasteiger partial charge >= 0.3 is 0 Å². The van der Waals surface area contributed by atoms with Crippen LogP contribution in [0.25, 0.3) is 0 Å². The zero-order valence-electron chi connectivity index (χ0n) is 8.82. The summed E-state index contributed by atoms with van der Waals surface area (Å²) in [6.07, 6.45) is 3.66. The molecule has 1 heteroatoms. The molecule has 76 valence electrons. The van der Waals surface area contributed by atoms with Crippen molar-refractivity contribution in [3.8, 4) is 0 Å². The van der Waals surface area contributed by atoms with E-state index in [4.69, 9.17) is 5.73 Å². The van der Waals surface area contributed by atoms with Crippen LogP contribution in [0.15, 0.2) is 30.3 Å². The van der Waals surface area contributed by atoms with Crippen molar-refractivity contribution in [2.45, 2.75) is 38.1 Å². The predicted octanol–water partition coefficient (Wildman–Crippen LogP) is 2.92. The number of hydrogen-bond acceptors (Lipinski definition) is 1. The first-order chi connectivity index (χ1) is 6.75. The molecule has 0 saturated heterocycles. The van der Waals surface area contributed by atoms with E-state index < -0.39 is 0 Å². The van der Waals surface area contributed by atoms with E-state index in [0.717, 1.165) is 12.3 Å². The van der Waals surface area contributed by atoms with Gasteiger partial charge in [0.2, 0.25) is 0 Å². The summed E-state index contributed by atoms with van der Waals surface area (Å²) in [6, 6.07) is 11.2. The zero-order valence-corrected chi connectivity index (χ0v) is 8.82. The summed E-state index contributed by atoms with van der Waals surface area (Å²) in [4.78, 5) is 0. The summed E-state index contributed by atoms with van der Waals surface area (Å²) >= 11 is 0. The topological polar surface area (TPSA) is 26.0 Å². The molecule has 0 heterocycles. The van der Waals surface area contributed by atoms with Gasteiger partial charge < -0.3 is 5.73 Å². The molecule has 2 N–H and O–H groups in total. The average molecular weight is 189 g/mol. The second-order valence-corrected chi connectivity index (χ2v) is 4.68. The standard InChI is InChI=1S/C13H19N/c1-10-7-12(9-13(14)8-10)11-5-3-2-4-6-11/h2-6,10,12-13H,7-9,14H2,1H3/t10-,12+,13+/m1/s1. The number of hydrogen-bond donors (Lipinski definition) is 1. The second kappa shape index (κ2) is 4.14. The van der Waals surface area contributed by atoms with Crippen molar-refractivity contribution in [3.05, 3.63) is 35.9 Å². The van der Waals surface area contributed by atoms with Crippen LogP contribution in [-0.4, -0.2) is 6.04 Å². The second-order valence-electron chi connectivity index (χ2n) is 4.68. The van der Waals surface area contributed by atoms with Gasteiger partial charge in [0.1, 0.15) is 0 Å². The lowest BCUT2D eigenvalue weighted by Gasteiger charge is -2.31. The summed E-state index contributed by atoms with van der Waals surface area (Å²) < 4.78 is 0. The molecule has 1 aromatic rings. The van der Waals surface area contributed by atoms with Gasteiger partial charge in [0.05, 0.1) is 0 Å². The number of rotatable bonds is 1. The predicted molar refractivity (Wildman–Crippen MR) is 60.2 cm³/mol. The molecule has 0 radical (unpaired) electrons. The Hall–Kier alpha value is -0.820. The quantitative estimate of drug-likeness (QED) is 0.722. The van der Waals surface area contributed by atoms with Crippen LogP contribution in [0.3, 0.4) is 0 Å². The fourth-order valence-electron chi connectivity index (χ4n) is 2.65. The molecule has 0 aromatic heterocycles. The zero-order chi connectivity index (χ0) is 9.97. The van der Waals surface area contributed by atoms with Gasteiger partial charge in [-0.2, -0.15) is 0 Å². The third kappa shape index (κ3) is 2.16. The first-order valence-electron chi connectivity index (χ1n) is 5.56. The maximum Gasteiger partial charge on any atom is 0.00471 e. The molecule has 0 amide bonds. The van der Waals surface area contributed by atoms with Crippen molar-refractivity contribution in [1.29, 1.82) is 0 Å². The molecule has 3 atom stereocenters. The number of nitrogens with two attached hydrogens (primary N) is 1. The molecule has 1 aromatic carbocycles. The summed E-state index contributed by atoms with van der Waals surface area (Å²) in [7, 11) is 0. The highest BCUT2D eigenvalue weighted by atomic mass is 14.6. The van der Waals surface area contributed by atoms with Gasteiger partial charge in [-0.1, -0.05) is 37.3 Å². The van der Waals surface area contributed by atoms with Crippen LogP contribution < -0.4 is 5.73 Å². The van der Waals surface area contributed by atoms with Crippen LogP contribution in [-0.2, 0) is 0 Å². The first kappa shape index (κ1) is 9.72. The maximum atomic E-state index is 6.05. The average Bonchev–Trinajstić information content (AvgIpc) is 2.18. The fourth-order valence-corrected chi connectivity index (χ4v) is 2.65. The van der Waals surface area contributed by atoms with E-state index in [1.54, 1.807) is 0 Å². The maximum absolute atomic E-state index is 6.05. The lowest BCUT2D eigenvalue weighted by molar-refractivity contribution is 0.308. The summed E-state index contributed by atoms with van der Waals surface area (Å²) in [5.74, 6) is 1.47. The highest BCUT2D eigenvalue weighted by Crippen LogP contribution is 2.35. The van der Waals surface area contributed by atoms with Crippen molar-refractivity contribution < 1.29 is 0 Å². The molecule has 0 bridgehead atoms. The Kier molecular flexibility index (Phi) is 2.87. The third-order valence-corrected chi connectivity index (χ3v) is 3.25. The van der Waals surface area contributed by atoms with Crippen LogP contribution in [0.1, 0.15) is 37.7 Å². The molecule has 0 unspecified atom stereocenters. The summed E-state index contributed by atoms with van der Waals surface area (Å²) in [6.45, 7) is 2.31. The van der Waals surface area contributed by atoms with Crippen molar-refractivity contribution in [2.24, 2.45) is 11.7 Å². The third-order valence-electron chi connectivity index (χ3n) is 3.25. The number of benzene rings is 1. The van der Waals surface area contributed by atoms with Gasteiger partial charge in [-0.25, -0.2) is 0 Å². The van der Waals surface area contributed by atoms with E-state index in [1.165, 1.54) is 18.4 Å². The Bertz CT molecular complexity index is 271. The highest BCUT2D eigenvalue weighted by Gasteiger charge is 2.24. The molecule has 1 nitrogen and oxygen atoms in total. The Labute approximate surface area is 86.3 Å². The summed E-state index contributed by atoms with van der Waals surface area (Å²) in [5.41, 5.74) is 7.52. The van der Waals surface area contributed by atoms with Crippen molar-refractivity contribution >= 4 is 0 Å². The lowest BCUT2D eigenvalue weighted by Crippen LogP contribution is -2.30. The monoisotopic (exact) mass is 189 g/mol. The molecule has 1 aliphatic carbocycles. The minimum Gasteiger partial charge on any atom is -0.328 e. The van der Waals surface area contributed by atoms with Gasteiger partial charge in [0.25, 0.3) is 0 Å². The molecule has 0 aliphatic heterocycles. The smallest absolute Gasteiger partial charge is 0.00471 e. The van der Waals surface area contributed by atoms with Gasteiger partial charge in [-0.05, 0) is 36.7 Å². The van der Waals surface area contributed by atoms with Crippen molar-refractivity contribution in [1.82, 2.24) is 0 Å². The first-order valence-corrected chi connectivity index (χ1v) is 5.56. The van der Waals surface area contributed by atoms with E-state index in [9.17, 15) is 0 Å². The minimum absolute atomic E-state index is 0.406. The van der Waals surface area contributed by atoms with E-state index in [-0.39, 0.29) is 0 Å². The van der Waals surface area contributed by atoms with Crippen LogP contribution in [0, 0.1) is 5.92 Å². The van der Waals surface area contributed by atoms with E-state index in [0.29, 0.717) is 12.0 Å². The Morgan fingerprint density at radius 2 is 1.79 bits per heavy atom. The Balaban J connectivity index is 2.11. The SMILES string of the molecule is C[C@H]1C[C@H](N)C[C@@H](c2ccccc2)C1.